The molecule has 0 saturated carbocycles. The van der Waals surface area contributed by atoms with E-state index in [9.17, 15) is 4.79 Å². The molecule has 4 rings (SSSR count). The number of anilines is 1. The maximum atomic E-state index is 13.0. The van der Waals surface area contributed by atoms with E-state index in [4.69, 9.17) is 11.6 Å². The minimum atomic E-state index is -0.248. The van der Waals surface area contributed by atoms with Gasteiger partial charge in [-0.2, -0.15) is 5.10 Å². The van der Waals surface area contributed by atoms with Crippen LogP contribution in [0.3, 0.4) is 0 Å². The van der Waals surface area contributed by atoms with Crippen molar-refractivity contribution in [3.63, 3.8) is 0 Å². The molecule has 6 heteroatoms. The zero-order chi connectivity index (χ0) is 19.7. The molecule has 1 N–H and O–H groups in total. The van der Waals surface area contributed by atoms with Crippen LogP contribution in [0.15, 0.2) is 73.2 Å². The summed E-state index contributed by atoms with van der Waals surface area (Å²) in [5, 5.41) is 8.00. The van der Waals surface area contributed by atoms with Gasteiger partial charge in [0.15, 0.2) is 5.82 Å². The lowest BCUT2D eigenvalue weighted by atomic mass is 10.2. The molecule has 0 aliphatic heterocycles. The van der Waals surface area contributed by atoms with Gasteiger partial charge in [-0.3, -0.25) is 4.79 Å². The average Bonchev–Trinajstić information content (AvgIpc) is 3.34. The van der Waals surface area contributed by atoms with Crippen LogP contribution in [0.25, 0.3) is 11.5 Å². The lowest BCUT2D eigenvalue weighted by Gasteiger charge is -2.12. The van der Waals surface area contributed by atoms with Gasteiger partial charge < -0.3 is 9.88 Å². The van der Waals surface area contributed by atoms with E-state index in [0.717, 1.165) is 16.8 Å². The minimum absolute atomic E-state index is 0.248. The molecule has 0 spiro atoms. The summed E-state index contributed by atoms with van der Waals surface area (Å²) in [5.74, 6) is 0.423. The zero-order valence-electron chi connectivity index (χ0n) is 15.6. The van der Waals surface area contributed by atoms with Crippen LogP contribution in [-0.4, -0.2) is 20.3 Å². The molecule has 2 aromatic heterocycles. The van der Waals surface area contributed by atoms with E-state index >= 15 is 0 Å². The predicted octanol–water partition coefficient (Wildman–Crippen LogP) is 5.19. The Kier molecular flexibility index (Phi) is 4.75. The number of carbonyl (C=O) groups is 1. The Morgan fingerprint density at radius 2 is 1.75 bits per heavy atom. The predicted molar refractivity (Wildman–Crippen MR) is 112 cm³/mol. The molecule has 0 fully saturated rings. The van der Waals surface area contributed by atoms with E-state index < -0.39 is 0 Å². The number of halogens is 1. The average molecular weight is 391 g/mol. The van der Waals surface area contributed by atoms with Crippen LogP contribution in [0.5, 0.6) is 0 Å². The minimum Gasteiger partial charge on any atom is -0.322 e. The van der Waals surface area contributed by atoms with E-state index in [1.807, 2.05) is 79.3 Å². The first kappa shape index (κ1) is 18.1. The second-order valence-corrected chi connectivity index (χ2v) is 7.04. The van der Waals surface area contributed by atoms with Crippen LogP contribution in [-0.2, 0) is 0 Å². The summed E-state index contributed by atoms with van der Waals surface area (Å²) in [6.45, 7) is 3.95. The molecule has 2 heterocycles. The summed E-state index contributed by atoms with van der Waals surface area (Å²) < 4.78 is 3.64. The van der Waals surface area contributed by atoms with Crippen molar-refractivity contribution < 1.29 is 4.79 Å². The molecule has 0 unspecified atom stereocenters. The Morgan fingerprint density at radius 1 is 1.04 bits per heavy atom. The number of aromatic nitrogens is 3. The highest BCUT2D eigenvalue weighted by Gasteiger charge is 2.20. The van der Waals surface area contributed by atoms with Gasteiger partial charge in [0.2, 0.25) is 0 Å². The second-order valence-electron chi connectivity index (χ2n) is 6.64. The van der Waals surface area contributed by atoms with Crippen LogP contribution in [0, 0.1) is 13.8 Å². The van der Waals surface area contributed by atoms with Crippen LogP contribution < -0.4 is 5.32 Å². The molecule has 0 atom stereocenters. The monoisotopic (exact) mass is 390 g/mol. The normalized spacial score (nSPS) is 10.8. The van der Waals surface area contributed by atoms with Crippen molar-refractivity contribution in [3.8, 4) is 11.5 Å². The van der Waals surface area contributed by atoms with Crippen molar-refractivity contribution in [1.29, 1.82) is 0 Å². The van der Waals surface area contributed by atoms with E-state index in [1.165, 1.54) is 0 Å². The Hall–Kier alpha value is -3.31. The van der Waals surface area contributed by atoms with Gasteiger partial charge in [0.25, 0.3) is 5.91 Å². The van der Waals surface area contributed by atoms with Crippen molar-refractivity contribution in [2.75, 3.05) is 5.32 Å². The molecule has 1 amide bonds. The summed E-state index contributed by atoms with van der Waals surface area (Å²) >= 11 is 6.18. The van der Waals surface area contributed by atoms with E-state index in [1.54, 1.807) is 16.9 Å². The third kappa shape index (κ3) is 3.44. The number of hydrogen-bond acceptors (Lipinski definition) is 2. The highest BCUT2D eigenvalue weighted by atomic mass is 35.5. The smallest absolute Gasteiger partial charge is 0.261 e. The fraction of sp³-hybridized carbons (Fsp3) is 0.0909. The Balaban J connectivity index is 1.75. The Morgan fingerprint density at radius 3 is 2.43 bits per heavy atom. The van der Waals surface area contributed by atoms with Gasteiger partial charge in [-0.05, 0) is 55.8 Å². The van der Waals surface area contributed by atoms with Crippen LogP contribution in [0.4, 0.5) is 5.69 Å². The third-order valence-electron chi connectivity index (χ3n) is 4.55. The number of amides is 1. The zero-order valence-corrected chi connectivity index (χ0v) is 16.3. The van der Waals surface area contributed by atoms with Gasteiger partial charge >= 0.3 is 0 Å². The van der Waals surface area contributed by atoms with E-state index in [0.29, 0.717) is 22.1 Å². The molecule has 28 heavy (non-hydrogen) atoms. The lowest BCUT2D eigenvalue weighted by molar-refractivity contribution is 0.102. The molecule has 5 nitrogen and oxygen atoms in total. The summed E-state index contributed by atoms with van der Waals surface area (Å²) in [5.41, 5.74) is 4.11. The maximum absolute atomic E-state index is 13.0. The topological polar surface area (TPSA) is 51.9 Å². The number of nitrogens with one attached hydrogen (secondary N) is 1. The lowest BCUT2D eigenvalue weighted by Crippen LogP contribution is -2.15. The highest BCUT2D eigenvalue weighted by molar-refractivity contribution is 6.31. The van der Waals surface area contributed by atoms with Crippen LogP contribution in [0.1, 0.15) is 21.5 Å². The first-order chi connectivity index (χ1) is 13.5. The number of rotatable bonds is 4. The molecule has 0 bridgehead atoms. The van der Waals surface area contributed by atoms with Gasteiger partial charge in [-0.1, -0.05) is 35.4 Å². The van der Waals surface area contributed by atoms with Gasteiger partial charge in [-0.15, -0.1) is 0 Å². The van der Waals surface area contributed by atoms with Gasteiger partial charge in [0.1, 0.15) is 5.56 Å². The largest absolute Gasteiger partial charge is 0.322 e. The van der Waals surface area contributed by atoms with Crippen LogP contribution >= 0.6 is 11.6 Å². The number of hydrogen-bond donors (Lipinski definition) is 1. The molecule has 4 aromatic rings. The summed E-state index contributed by atoms with van der Waals surface area (Å²) in [6, 6.07) is 17.3. The highest BCUT2D eigenvalue weighted by Crippen LogP contribution is 2.23. The maximum Gasteiger partial charge on any atom is 0.261 e. The first-order valence-electron chi connectivity index (χ1n) is 8.89. The summed E-state index contributed by atoms with van der Waals surface area (Å²) in [4.78, 5) is 13.0. The molecule has 0 aliphatic carbocycles. The molecular formula is C22H19ClN4O. The Bertz CT molecular complexity index is 1130. The number of nitrogens with zero attached hydrogens (tertiary/aromatic N) is 3. The van der Waals surface area contributed by atoms with Crippen molar-refractivity contribution >= 4 is 23.2 Å². The molecule has 2 aromatic carbocycles. The number of benzene rings is 2. The number of carbonyl (C=O) groups excluding carboxylic acids is 1. The third-order valence-corrected chi connectivity index (χ3v) is 4.95. The van der Waals surface area contributed by atoms with Crippen molar-refractivity contribution in [2.24, 2.45) is 0 Å². The van der Waals surface area contributed by atoms with Crippen LogP contribution in [0.2, 0.25) is 5.02 Å². The summed E-state index contributed by atoms with van der Waals surface area (Å²) in [7, 11) is 0. The van der Waals surface area contributed by atoms with Gasteiger partial charge in [-0.25, -0.2) is 4.68 Å². The van der Waals surface area contributed by atoms with E-state index in [-0.39, 0.29) is 5.91 Å². The van der Waals surface area contributed by atoms with Gasteiger partial charge in [0.05, 0.1) is 11.9 Å². The fourth-order valence-electron chi connectivity index (χ4n) is 2.97. The SMILES string of the molecule is Cc1ccc(-n2ncc(C(=O)Nc3ccc(C)c(Cl)c3)c2-n2cccc2)cc1. The van der Waals surface area contributed by atoms with Crippen molar-refractivity contribution in [3.05, 3.63) is 94.9 Å². The molecule has 140 valence electrons. The number of aryl methyl sites for hydroxylation is 2. The molecule has 0 radical (unpaired) electrons. The van der Waals surface area contributed by atoms with Gasteiger partial charge in [0, 0.05) is 23.1 Å². The second kappa shape index (κ2) is 7.37. The standard InChI is InChI=1S/C22H19ClN4O/c1-15-5-9-18(10-6-15)27-22(26-11-3-4-12-26)19(14-24-27)21(28)25-17-8-7-16(2)20(23)13-17/h3-14H,1-2H3,(H,25,28). The quantitative estimate of drug-likeness (QED) is 0.521. The van der Waals surface area contributed by atoms with Crippen molar-refractivity contribution in [2.45, 2.75) is 13.8 Å². The van der Waals surface area contributed by atoms with E-state index in [2.05, 4.69) is 10.4 Å². The first-order valence-corrected chi connectivity index (χ1v) is 9.26. The molecule has 0 saturated heterocycles. The summed E-state index contributed by atoms with van der Waals surface area (Å²) in [6.07, 6.45) is 5.36. The molecule has 0 aliphatic rings. The fourth-order valence-corrected chi connectivity index (χ4v) is 3.15. The Labute approximate surface area is 168 Å². The van der Waals surface area contributed by atoms with Crippen molar-refractivity contribution in [1.82, 2.24) is 14.3 Å². The molecular weight excluding hydrogens is 372 g/mol.